The summed E-state index contributed by atoms with van der Waals surface area (Å²) >= 11 is 0. The lowest BCUT2D eigenvalue weighted by Gasteiger charge is -2.39. The zero-order chi connectivity index (χ0) is 15.6. The number of carboxylic acid groups (broad SMARTS) is 1. The molecule has 0 aliphatic heterocycles. The van der Waals surface area contributed by atoms with Crippen LogP contribution in [0.5, 0.6) is 0 Å². The number of carbonyl (C=O) groups is 1. The van der Waals surface area contributed by atoms with Crippen molar-refractivity contribution < 1.29 is 9.90 Å². The Balaban J connectivity index is 2.48. The van der Waals surface area contributed by atoms with Gasteiger partial charge in [-0.2, -0.15) is 0 Å². The van der Waals surface area contributed by atoms with E-state index in [1.165, 1.54) is 16.3 Å². The van der Waals surface area contributed by atoms with Crippen LogP contribution in [0.25, 0.3) is 10.8 Å². The van der Waals surface area contributed by atoms with Gasteiger partial charge in [0.1, 0.15) is 0 Å². The van der Waals surface area contributed by atoms with Crippen molar-refractivity contribution in [2.24, 2.45) is 0 Å². The molecule has 1 unspecified atom stereocenters. The Labute approximate surface area is 126 Å². The van der Waals surface area contributed by atoms with Crippen LogP contribution < -0.4 is 0 Å². The van der Waals surface area contributed by atoms with E-state index >= 15 is 0 Å². The molecule has 0 bridgehead atoms. The maximum atomic E-state index is 11.2. The summed E-state index contributed by atoms with van der Waals surface area (Å²) in [6, 6.07) is 14.5. The summed E-state index contributed by atoms with van der Waals surface area (Å²) in [5, 5.41) is 11.6. The molecular weight excluding hydrogens is 262 g/mol. The Morgan fingerprint density at radius 1 is 1.14 bits per heavy atom. The molecule has 0 heterocycles. The molecule has 0 aliphatic rings. The highest BCUT2D eigenvalue weighted by atomic mass is 16.4. The van der Waals surface area contributed by atoms with E-state index in [1.807, 2.05) is 23.1 Å². The van der Waals surface area contributed by atoms with Gasteiger partial charge in [-0.05, 0) is 44.0 Å². The van der Waals surface area contributed by atoms with E-state index in [2.05, 4.69) is 52.0 Å². The van der Waals surface area contributed by atoms with E-state index in [-0.39, 0.29) is 18.1 Å². The molecule has 0 spiro atoms. The number of aliphatic carboxylic acids is 1. The molecule has 3 nitrogen and oxygen atoms in total. The molecule has 1 N–H and O–H groups in total. The minimum atomic E-state index is -0.794. The fourth-order valence-corrected chi connectivity index (χ4v) is 2.88. The lowest BCUT2D eigenvalue weighted by molar-refractivity contribution is -0.140. The SMILES string of the molecule is CC(c1cccc2ccccc12)N(CC(=O)O)C(C)(C)C. The first-order valence-corrected chi connectivity index (χ1v) is 7.27. The van der Waals surface area contributed by atoms with Gasteiger partial charge < -0.3 is 5.11 Å². The fourth-order valence-electron chi connectivity index (χ4n) is 2.88. The van der Waals surface area contributed by atoms with Crippen LogP contribution in [0.15, 0.2) is 42.5 Å². The molecule has 0 aromatic heterocycles. The molecular formula is C18H23NO2. The van der Waals surface area contributed by atoms with E-state index < -0.39 is 5.97 Å². The zero-order valence-corrected chi connectivity index (χ0v) is 13.1. The summed E-state index contributed by atoms with van der Waals surface area (Å²) in [7, 11) is 0. The number of hydrogen-bond acceptors (Lipinski definition) is 2. The predicted octanol–water partition coefficient (Wildman–Crippen LogP) is 4.09. The molecule has 1 atom stereocenters. The van der Waals surface area contributed by atoms with Crippen molar-refractivity contribution in [3.63, 3.8) is 0 Å². The van der Waals surface area contributed by atoms with Crippen molar-refractivity contribution in [2.45, 2.75) is 39.3 Å². The van der Waals surface area contributed by atoms with Crippen LogP contribution in [0.4, 0.5) is 0 Å². The molecule has 0 amide bonds. The van der Waals surface area contributed by atoms with Crippen LogP contribution in [0.3, 0.4) is 0 Å². The van der Waals surface area contributed by atoms with Crippen LogP contribution in [-0.4, -0.2) is 28.1 Å². The van der Waals surface area contributed by atoms with Gasteiger partial charge in [-0.3, -0.25) is 9.69 Å². The molecule has 0 fully saturated rings. The monoisotopic (exact) mass is 285 g/mol. The van der Waals surface area contributed by atoms with Crippen LogP contribution in [0.1, 0.15) is 39.3 Å². The average Bonchev–Trinajstić information content (AvgIpc) is 2.42. The van der Waals surface area contributed by atoms with Crippen molar-refractivity contribution >= 4 is 16.7 Å². The van der Waals surface area contributed by atoms with Gasteiger partial charge in [-0.1, -0.05) is 42.5 Å². The zero-order valence-electron chi connectivity index (χ0n) is 13.1. The van der Waals surface area contributed by atoms with Gasteiger partial charge >= 0.3 is 5.97 Å². The van der Waals surface area contributed by atoms with Crippen molar-refractivity contribution in [2.75, 3.05) is 6.54 Å². The van der Waals surface area contributed by atoms with E-state index in [0.717, 1.165) is 0 Å². The highest BCUT2D eigenvalue weighted by Gasteiger charge is 2.29. The lowest BCUT2D eigenvalue weighted by atomic mass is 9.95. The third-order valence-electron chi connectivity index (χ3n) is 3.91. The second kappa shape index (κ2) is 5.86. The highest BCUT2D eigenvalue weighted by molar-refractivity contribution is 5.86. The van der Waals surface area contributed by atoms with E-state index in [9.17, 15) is 9.90 Å². The molecule has 2 aromatic rings. The number of nitrogens with zero attached hydrogens (tertiary/aromatic N) is 1. The summed E-state index contributed by atoms with van der Waals surface area (Å²) in [6.07, 6.45) is 0. The third-order valence-corrected chi connectivity index (χ3v) is 3.91. The first kappa shape index (κ1) is 15.5. The smallest absolute Gasteiger partial charge is 0.317 e. The fraction of sp³-hybridized carbons (Fsp3) is 0.389. The molecule has 0 saturated heterocycles. The quantitative estimate of drug-likeness (QED) is 0.920. The highest BCUT2D eigenvalue weighted by Crippen LogP contribution is 2.32. The first-order chi connectivity index (χ1) is 9.80. The molecule has 112 valence electrons. The van der Waals surface area contributed by atoms with Gasteiger partial charge in [0.15, 0.2) is 0 Å². The maximum absolute atomic E-state index is 11.2. The van der Waals surface area contributed by atoms with Gasteiger partial charge in [0.25, 0.3) is 0 Å². The van der Waals surface area contributed by atoms with Gasteiger partial charge in [0.05, 0.1) is 6.54 Å². The van der Waals surface area contributed by atoms with Crippen LogP contribution in [0, 0.1) is 0 Å². The van der Waals surface area contributed by atoms with Gasteiger partial charge in [0, 0.05) is 11.6 Å². The summed E-state index contributed by atoms with van der Waals surface area (Å²) < 4.78 is 0. The number of carboxylic acids is 1. The van der Waals surface area contributed by atoms with Crippen molar-refractivity contribution in [3.8, 4) is 0 Å². The molecule has 2 aromatic carbocycles. The largest absolute Gasteiger partial charge is 0.480 e. The second-order valence-electron chi connectivity index (χ2n) is 6.44. The van der Waals surface area contributed by atoms with E-state index in [4.69, 9.17) is 0 Å². The molecule has 0 saturated carbocycles. The van der Waals surface area contributed by atoms with Gasteiger partial charge in [-0.15, -0.1) is 0 Å². The minimum Gasteiger partial charge on any atom is -0.480 e. The van der Waals surface area contributed by atoms with E-state index in [0.29, 0.717) is 0 Å². The lowest BCUT2D eigenvalue weighted by Crippen LogP contribution is -2.45. The Hall–Kier alpha value is -1.87. The minimum absolute atomic E-state index is 0.0344. The summed E-state index contributed by atoms with van der Waals surface area (Å²) in [5.74, 6) is -0.794. The van der Waals surface area contributed by atoms with Crippen LogP contribution >= 0.6 is 0 Å². The third kappa shape index (κ3) is 3.42. The number of rotatable bonds is 4. The summed E-state index contributed by atoms with van der Waals surface area (Å²) in [6.45, 7) is 8.27. The Morgan fingerprint density at radius 3 is 2.38 bits per heavy atom. The van der Waals surface area contributed by atoms with Crippen LogP contribution in [0.2, 0.25) is 0 Å². The standard InChI is InChI=1S/C18H23NO2/c1-13(19(12-17(20)21)18(2,3)4)15-11-7-9-14-8-5-6-10-16(14)15/h5-11,13H,12H2,1-4H3,(H,20,21). The van der Waals surface area contributed by atoms with Crippen molar-refractivity contribution in [1.29, 1.82) is 0 Å². The molecule has 21 heavy (non-hydrogen) atoms. The molecule has 3 heteroatoms. The average molecular weight is 285 g/mol. The first-order valence-electron chi connectivity index (χ1n) is 7.27. The van der Waals surface area contributed by atoms with Crippen LogP contribution in [-0.2, 0) is 4.79 Å². The summed E-state index contributed by atoms with van der Waals surface area (Å²) in [4.78, 5) is 13.2. The normalized spacial score (nSPS) is 13.6. The number of fused-ring (bicyclic) bond motifs is 1. The molecule has 0 aliphatic carbocycles. The summed E-state index contributed by atoms with van der Waals surface area (Å²) in [5.41, 5.74) is 0.957. The Bertz CT molecular complexity index is 638. The number of benzene rings is 2. The second-order valence-corrected chi connectivity index (χ2v) is 6.44. The van der Waals surface area contributed by atoms with Crippen molar-refractivity contribution in [3.05, 3.63) is 48.0 Å². The Morgan fingerprint density at radius 2 is 1.76 bits per heavy atom. The van der Waals surface area contributed by atoms with Gasteiger partial charge in [-0.25, -0.2) is 0 Å². The molecule has 0 radical (unpaired) electrons. The van der Waals surface area contributed by atoms with Crippen molar-refractivity contribution in [1.82, 2.24) is 4.90 Å². The van der Waals surface area contributed by atoms with E-state index in [1.54, 1.807) is 0 Å². The molecule has 2 rings (SSSR count). The topological polar surface area (TPSA) is 40.5 Å². The maximum Gasteiger partial charge on any atom is 0.317 e. The number of hydrogen-bond donors (Lipinski definition) is 1. The Kier molecular flexibility index (Phi) is 4.33. The van der Waals surface area contributed by atoms with Gasteiger partial charge in [0.2, 0.25) is 0 Å². The predicted molar refractivity (Wildman–Crippen MR) is 86.5 cm³/mol.